The van der Waals surface area contributed by atoms with Crippen LogP contribution in [0.25, 0.3) is 0 Å². The molecule has 3 aliphatic rings. The molecule has 2 aliphatic carbocycles. The van der Waals surface area contributed by atoms with Gasteiger partial charge >= 0.3 is 0 Å². The molecule has 4 atom stereocenters. The Labute approximate surface area is 124 Å². The molecular weight excluding hydrogens is 325 g/mol. The molecule has 3 fully saturated rings. The second-order valence-corrected chi connectivity index (χ2v) is 6.91. The third kappa shape index (κ3) is 1.50. The van der Waals surface area contributed by atoms with Gasteiger partial charge in [0.2, 0.25) is 11.8 Å². The summed E-state index contributed by atoms with van der Waals surface area (Å²) >= 11 is 3.18. The van der Waals surface area contributed by atoms with E-state index in [9.17, 15) is 14.0 Å². The van der Waals surface area contributed by atoms with Crippen molar-refractivity contribution in [2.75, 3.05) is 4.90 Å². The van der Waals surface area contributed by atoms with Gasteiger partial charge in [-0.3, -0.25) is 9.59 Å². The minimum atomic E-state index is -0.534. The average Bonchev–Trinajstić information content (AvgIpc) is 3.06. The van der Waals surface area contributed by atoms with Crippen LogP contribution >= 0.6 is 15.9 Å². The van der Waals surface area contributed by atoms with Crippen molar-refractivity contribution in [3.8, 4) is 0 Å². The van der Waals surface area contributed by atoms with Crippen LogP contribution in [-0.2, 0) is 9.59 Å². The van der Waals surface area contributed by atoms with Crippen molar-refractivity contribution in [1.82, 2.24) is 0 Å². The van der Waals surface area contributed by atoms with Crippen LogP contribution in [0.4, 0.5) is 10.1 Å². The minimum absolute atomic E-state index is 0.0944. The van der Waals surface area contributed by atoms with E-state index in [-0.39, 0.29) is 29.3 Å². The van der Waals surface area contributed by atoms with Crippen LogP contribution in [0.3, 0.4) is 0 Å². The average molecular weight is 338 g/mol. The van der Waals surface area contributed by atoms with Gasteiger partial charge in [-0.1, -0.05) is 15.9 Å². The highest BCUT2D eigenvalue weighted by Crippen LogP contribution is 2.56. The normalized spacial score (nSPS) is 35.0. The Morgan fingerprint density at radius 3 is 2.25 bits per heavy atom. The SMILES string of the molecule is O=C1[C@@H]2[C@@H]3CC[C@@H](C3)[C@@H]2C(=O)N1c1ccc(Br)cc1F. The van der Waals surface area contributed by atoms with E-state index in [1.54, 1.807) is 6.07 Å². The molecule has 1 saturated heterocycles. The van der Waals surface area contributed by atoms with Crippen LogP contribution in [0, 0.1) is 29.5 Å². The number of carbonyl (C=O) groups is 2. The first-order valence-electron chi connectivity index (χ1n) is 6.91. The lowest BCUT2D eigenvalue weighted by Gasteiger charge is -2.19. The van der Waals surface area contributed by atoms with E-state index < -0.39 is 5.82 Å². The zero-order chi connectivity index (χ0) is 14.0. The predicted octanol–water partition coefficient (Wildman–Crippen LogP) is 3.12. The summed E-state index contributed by atoms with van der Waals surface area (Å²) < 4.78 is 14.7. The predicted molar refractivity (Wildman–Crippen MR) is 74.4 cm³/mol. The molecule has 1 heterocycles. The standard InChI is InChI=1S/C15H13BrFNO2/c16-9-3-4-11(10(17)6-9)18-14(19)12-7-1-2-8(5-7)13(12)15(18)20/h3-4,6-8,12-13H,1-2,5H2/t7-,8+,12-,13+. The summed E-state index contributed by atoms with van der Waals surface area (Å²) in [7, 11) is 0. The van der Waals surface area contributed by atoms with Crippen molar-refractivity contribution in [2.24, 2.45) is 23.7 Å². The Kier molecular flexibility index (Phi) is 2.58. The molecule has 20 heavy (non-hydrogen) atoms. The number of benzene rings is 1. The fourth-order valence-corrected chi connectivity index (χ4v) is 4.64. The first-order valence-corrected chi connectivity index (χ1v) is 7.70. The number of halogens is 2. The van der Waals surface area contributed by atoms with Gasteiger partial charge in [0.15, 0.2) is 0 Å². The van der Waals surface area contributed by atoms with Gasteiger partial charge in [-0.2, -0.15) is 0 Å². The summed E-state index contributed by atoms with van der Waals surface area (Å²) in [5, 5.41) is 0. The molecule has 104 valence electrons. The van der Waals surface area contributed by atoms with Crippen LogP contribution < -0.4 is 4.90 Å². The Morgan fingerprint density at radius 1 is 1.10 bits per heavy atom. The van der Waals surface area contributed by atoms with Gasteiger partial charge in [-0.15, -0.1) is 0 Å². The van der Waals surface area contributed by atoms with Gasteiger partial charge in [0.1, 0.15) is 5.82 Å². The van der Waals surface area contributed by atoms with E-state index in [1.165, 1.54) is 12.1 Å². The summed E-state index contributed by atoms with van der Waals surface area (Å²) in [6.45, 7) is 0. The number of carbonyl (C=O) groups excluding carboxylic acids is 2. The summed E-state index contributed by atoms with van der Waals surface area (Å²) in [5.74, 6) is -0.696. The number of amides is 2. The smallest absolute Gasteiger partial charge is 0.238 e. The molecule has 1 aromatic rings. The lowest BCUT2D eigenvalue weighted by atomic mass is 9.81. The molecule has 0 radical (unpaired) electrons. The van der Waals surface area contributed by atoms with Crippen molar-refractivity contribution in [2.45, 2.75) is 19.3 Å². The zero-order valence-corrected chi connectivity index (χ0v) is 12.3. The summed E-state index contributed by atoms with van der Waals surface area (Å²) in [6.07, 6.45) is 3.05. The number of hydrogen-bond donors (Lipinski definition) is 0. The Hall–Kier alpha value is -1.23. The van der Waals surface area contributed by atoms with Crippen LogP contribution in [0.5, 0.6) is 0 Å². The largest absolute Gasteiger partial charge is 0.274 e. The molecule has 2 amide bonds. The van der Waals surface area contributed by atoms with Crippen LogP contribution in [0.2, 0.25) is 0 Å². The van der Waals surface area contributed by atoms with E-state index in [0.717, 1.165) is 24.2 Å². The molecule has 1 aliphatic heterocycles. The fraction of sp³-hybridized carbons (Fsp3) is 0.467. The van der Waals surface area contributed by atoms with Crippen LogP contribution in [0.1, 0.15) is 19.3 Å². The Balaban J connectivity index is 1.77. The third-order valence-corrected chi connectivity index (χ3v) is 5.57. The minimum Gasteiger partial charge on any atom is -0.274 e. The molecule has 0 aromatic heterocycles. The van der Waals surface area contributed by atoms with Gasteiger partial charge in [0.05, 0.1) is 17.5 Å². The highest BCUT2D eigenvalue weighted by Gasteiger charge is 2.61. The monoisotopic (exact) mass is 337 g/mol. The molecule has 4 rings (SSSR count). The molecule has 2 saturated carbocycles. The topological polar surface area (TPSA) is 37.4 Å². The van der Waals surface area contributed by atoms with E-state index in [2.05, 4.69) is 15.9 Å². The second kappa shape index (κ2) is 4.13. The lowest BCUT2D eigenvalue weighted by Crippen LogP contribution is -2.33. The first kappa shape index (κ1) is 12.5. The quantitative estimate of drug-likeness (QED) is 0.738. The van der Waals surface area contributed by atoms with Crippen LogP contribution in [-0.4, -0.2) is 11.8 Å². The van der Waals surface area contributed by atoms with Crippen molar-refractivity contribution >= 4 is 33.4 Å². The number of rotatable bonds is 1. The van der Waals surface area contributed by atoms with Crippen molar-refractivity contribution in [3.63, 3.8) is 0 Å². The van der Waals surface area contributed by atoms with Gasteiger partial charge < -0.3 is 0 Å². The second-order valence-electron chi connectivity index (χ2n) is 5.99. The van der Waals surface area contributed by atoms with Gasteiger partial charge in [-0.05, 0) is 49.3 Å². The van der Waals surface area contributed by atoms with E-state index >= 15 is 0 Å². The number of imide groups is 1. The summed E-state index contributed by atoms with van der Waals surface area (Å²) in [5.41, 5.74) is 0.0944. The molecule has 0 N–H and O–H groups in total. The summed E-state index contributed by atoms with van der Waals surface area (Å²) in [6, 6.07) is 4.44. The lowest BCUT2D eigenvalue weighted by molar-refractivity contribution is -0.123. The van der Waals surface area contributed by atoms with E-state index in [1.807, 2.05) is 0 Å². The highest BCUT2D eigenvalue weighted by atomic mass is 79.9. The molecule has 0 unspecified atom stereocenters. The number of fused-ring (bicyclic) bond motifs is 5. The Bertz CT molecular complexity index is 604. The third-order valence-electron chi connectivity index (χ3n) is 5.08. The molecule has 5 heteroatoms. The number of anilines is 1. The van der Waals surface area contributed by atoms with Gasteiger partial charge in [0, 0.05) is 4.47 Å². The number of nitrogens with zero attached hydrogens (tertiary/aromatic N) is 1. The van der Waals surface area contributed by atoms with Crippen molar-refractivity contribution in [3.05, 3.63) is 28.5 Å². The van der Waals surface area contributed by atoms with E-state index in [4.69, 9.17) is 0 Å². The maximum Gasteiger partial charge on any atom is 0.238 e. The molecule has 1 aromatic carbocycles. The Morgan fingerprint density at radius 2 is 1.70 bits per heavy atom. The highest BCUT2D eigenvalue weighted by molar-refractivity contribution is 9.10. The number of hydrogen-bond acceptors (Lipinski definition) is 2. The molecular formula is C15H13BrFNO2. The van der Waals surface area contributed by atoms with E-state index in [0.29, 0.717) is 16.3 Å². The molecule has 2 bridgehead atoms. The van der Waals surface area contributed by atoms with Gasteiger partial charge in [0.25, 0.3) is 0 Å². The summed E-state index contributed by atoms with van der Waals surface area (Å²) in [4.78, 5) is 26.2. The molecule has 3 nitrogen and oxygen atoms in total. The van der Waals surface area contributed by atoms with Crippen molar-refractivity contribution in [1.29, 1.82) is 0 Å². The first-order chi connectivity index (χ1) is 9.58. The maximum atomic E-state index is 14.1. The maximum absolute atomic E-state index is 14.1. The van der Waals surface area contributed by atoms with Gasteiger partial charge in [-0.25, -0.2) is 9.29 Å². The zero-order valence-electron chi connectivity index (χ0n) is 10.7. The van der Waals surface area contributed by atoms with Crippen LogP contribution in [0.15, 0.2) is 22.7 Å². The fourth-order valence-electron chi connectivity index (χ4n) is 4.31. The van der Waals surface area contributed by atoms with Crippen molar-refractivity contribution < 1.29 is 14.0 Å². The molecule has 0 spiro atoms.